The average molecular weight is 281 g/mol. The Balaban J connectivity index is 1.58. The molecule has 3 rings (SSSR count). The van der Waals surface area contributed by atoms with E-state index >= 15 is 0 Å². The Labute approximate surface area is 119 Å². The maximum atomic E-state index is 12.5. The number of nitrogens with one attached hydrogen (secondary N) is 2. The topological polar surface area (TPSA) is 70.7 Å². The van der Waals surface area contributed by atoms with Crippen LogP contribution in [0, 0.1) is 5.92 Å². The summed E-state index contributed by atoms with van der Waals surface area (Å²) < 4.78 is 5.30. The molecule has 0 aliphatic carbocycles. The van der Waals surface area contributed by atoms with Crippen LogP contribution in [-0.4, -0.2) is 55.2 Å². The van der Waals surface area contributed by atoms with Gasteiger partial charge in [0.15, 0.2) is 0 Å². The Morgan fingerprint density at radius 3 is 2.60 bits per heavy atom. The van der Waals surface area contributed by atoms with Crippen molar-refractivity contribution in [2.75, 3.05) is 32.8 Å². The number of amides is 3. The van der Waals surface area contributed by atoms with E-state index in [0.717, 1.165) is 32.4 Å². The predicted octanol–water partition coefficient (Wildman–Crippen LogP) is 0.477. The van der Waals surface area contributed by atoms with Crippen molar-refractivity contribution in [2.24, 2.45) is 5.92 Å². The number of imide groups is 1. The second kappa shape index (κ2) is 5.69. The van der Waals surface area contributed by atoms with Gasteiger partial charge >= 0.3 is 6.03 Å². The molecular formula is C14H23N3O3. The number of hydrogen-bond acceptors (Lipinski definition) is 4. The number of urea groups is 1. The lowest BCUT2D eigenvalue weighted by Gasteiger charge is -2.30. The molecule has 6 nitrogen and oxygen atoms in total. The van der Waals surface area contributed by atoms with Gasteiger partial charge in [0, 0.05) is 32.6 Å². The van der Waals surface area contributed by atoms with Crippen LogP contribution < -0.4 is 10.6 Å². The SMILES string of the molecule is O=C1NC2(CCOCC2)C(=O)N1CCC1CCNCC1. The molecule has 3 amide bonds. The molecule has 3 heterocycles. The summed E-state index contributed by atoms with van der Waals surface area (Å²) in [5.41, 5.74) is -0.677. The Kier molecular flexibility index (Phi) is 3.94. The first-order valence-corrected chi connectivity index (χ1v) is 7.64. The van der Waals surface area contributed by atoms with Gasteiger partial charge in [-0.15, -0.1) is 0 Å². The van der Waals surface area contributed by atoms with Crippen molar-refractivity contribution in [1.29, 1.82) is 0 Å². The van der Waals surface area contributed by atoms with Gasteiger partial charge in [-0.2, -0.15) is 0 Å². The fourth-order valence-electron chi connectivity index (χ4n) is 3.42. The van der Waals surface area contributed by atoms with Crippen molar-refractivity contribution in [3.8, 4) is 0 Å². The van der Waals surface area contributed by atoms with Gasteiger partial charge in [-0.25, -0.2) is 4.79 Å². The standard InChI is InChI=1S/C14H23N3O3/c18-12-14(4-9-20-10-5-14)16-13(19)17(12)8-3-11-1-6-15-7-2-11/h11,15H,1-10H2,(H,16,19). The summed E-state index contributed by atoms with van der Waals surface area (Å²) in [6, 6.07) is -0.217. The van der Waals surface area contributed by atoms with Gasteiger partial charge in [-0.05, 0) is 38.3 Å². The maximum absolute atomic E-state index is 12.5. The van der Waals surface area contributed by atoms with Gasteiger partial charge in [-0.1, -0.05) is 0 Å². The van der Waals surface area contributed by atoms with Crippen LogP contribution in [0.1, 0.15) is 32.1 Å². The highest BCUT2D eigenvalue weighted by Gasteiger charge is 2.51. The Hall–Kier alpha value is -1.14. The van der Waals surface area contributed by atoms with Crippen LogP contribution in [0.25, 0.3) is 0 Å². The fraction of sp³-hybridized carbons (Fsp3) is 0.857. The highest BCUT2D eigenvalue weighted by molar-refractivity contribution is 6.07. The van der Waals surface area contributed by atoms with Gasteiger partial charge in [0.05, 0.1) is 0 Å². The molecule has 3 fully saturated rings. The molecule has 0 radical (unpaired) electrons. The minimum Gasteiger partial charge on any atom is -0.381 e. The average Bonchev–Trinajstić information content (AvgIpc) is 2.70. The molecule has 3 aliphatic rings. The van der Waals surface area contributed by atoms with E-state index in [-0.39, 0.29) is 11.9 Å². The Morgan fingerprint density at radius 1 is 1.20 bits per heavy atom. The van der Waals surface area contributed by atoms with E-state index in [9.17, 15) is 9.59 Å². The number of carbonyl (C=O) groups is 2. The molecule has 6 heteroatoms. The Morgan fingerprint density at radius 2 is 1.90 bits per heavy atom. The molecule has 3 aliphatic heterocycles. The molecule has 0 saturated carbocycles. The van der Waals surface area contributed by atoms with Crippen molar-refractivity contribution >= 4 is 11.9 Å². The van der Waals surface area contributed by atoms with Gasteiger partial charge in [0.2, 0.25) is 0 Å². The summed E-state index contributed by atoms with van der Waals surface area (Å²) in [5.74, 6) is 0.586. The number of piperidine rings is 1. The molecule has 0 atom stereocenters. The zero-order valence-electron chi connectivity index (χ0n) is 11.8. The van der Waals surface area contributed by atoms with E-state index in [1.54, 1.807) is 0 Å². The molecule has 112 valence electrons. The monoisotopic (exact) mass is 281 g/mol. The highest BCUT2D eigenvalue weighted by atomic mass is 16.5. The zero-order chi connectivity index (χ0) is 14.0. The van der Waals surface area contributed by atoms with E-state index in [4.69, 9.17) is 4.74 Å². The lowest BCUT2D eigenvalue weighted by atomic mass is 9.90. The lowest BCUT2D eigenvalue weighted by molar-refractivity contribution is -0.134. The summed E-state index contributed by atoms with van der Waals surface area (Å²) >= 11 is 0. The summed E-state index contributed by atoms with van der Waals surface area (Å²) in [7, 11) is 0. The van der Waals surface area contributed by atoms with Crippen LogP contribution in [0.2, 0.25) is 0 Å². The van der Waals surface area contributed by atoms with Crippen LogP contribution >= 0.6 is 0 Å². The molecular weight excluding hydrogens is 258 g/mol. The van der Waals surface area contributed by atoms with Gasteiger partial charge in [0.25, 0.3) is 5.91 Å². The third kappa shape index (κ3) is 2.54. The highest BCUT2D eigenvalue weighted by Crippen LogP contribution is 2.29. The van der Waals surface area contributed by atoms with Crippen molar-refractivity contribution < 1.29 is 14.3 Å². The first kappa shape index (κ1) is 13.8. The third-order valence-corrected chi connectivity index (χ3v) is 4.81. The number of hydrogen-bond donors (Lipinski definition) is 2. The second-order valence-corrected chi connectivity index (χ2v) is 6.06. The molecule has 0 unspecified atom stereocenters. The van der Waals surface area contributed by atoms with Crippen molar-refractivity contribution in [2.45, 2.75) is 37.6 Å². The van der Waals surface area contributed by atoms with Gasteiger partial charge in [-0.3, -0.25) is 9.69 Å². The van der Waals surface area contributed by atoms with E-state index in [1.807, 2.05) is 0 Å². The summed E-state index contributed by atoms with van der Waals surface area (Å²) in [6.07, 6.45) is 4.40. The van der Waals surface area contributed by atoms with Crippen molar-refractivity contribution in [3.05, 3.63) is 0 Å². The van der Waals surface area contributed by atoms with Crippen LogP contribution in [0.4, 0.5) is 4.79 Å². The summed E-state index contributed by atoms with van der Waals surface area (Å²) in [5, 5.41) is 6.23. The summed E-state index contributed by atoms with van der Waals surface area (Å²) in [6.45, 7) is 3.75. The molecule has 20 heavy (non-hydrogen) atoms. The summed E-state index contributed by atoms with van der Waals surface area (Å²) in [4.78, 5) is 26.0. The molecule has 1 spiro atoms. The van der Waals surface area contributed by atoms with E-state index < -0.39 is 5.54 Å². The number of ether oxygens (including phenoxy) is 1. The zero-order valence-corrected chi connectivity index (χ0v) is 11.8. The molecule has 0 bridgehead atoms. The number of carbonyl (C=O) groups excluding carboxylic acids is 2. The molecule has 0 aromatic heterocycles. The van der Waals surface area contributed by atoms with Crippen LogP contribution in [-0.2, 0) is 9.53 Å². The van der Waals surface area contributed by atoms with E-state index in [1.165, 1.54) is 4.90 Å². The minimum atomic E-state index is -0.677. The van der Waals surface area contributed by atoms with Crippen LogP contribution in [0.3, 0.4) is 0 Å². The first-order chi connectivity index (χ1) is 9.71. The number of rotatable bonds is 3. The van der Waals surface area contributed by atoms with Gasteiger partial charge < -0.3 is 15.4 Å². The van der Waals surface area contributed by atoms with E-state index in [2.05, 4.69) is 10.6 Å². The smallest absolute Gasteiger partial charge is 0.325 e. The van der Waals surface area contributed by atoms with Crippen molar-refractivity contribution in [3.63, 3.8) is 0 Å². The number of nitrogens with zero attached hydrogens (tertiary/aromatic N) is 1. The Bertz CT molecular complexity index is 387. The normalized spacial score (nSPS) is 27.1. The molecule has 2 N–H and O–H groups in total. The van der Waals surface area contributed by atoms with E-state index in [0.29, 0.717) is 38.5 Å². The molecule has 3 saturated heterocycles. The minimum absolute atomic E-state index is 0.0419. The van der Waals surface area contributed by atoms with Gasteiger partial charge in [0.1, 0.15) is 5.54 Å². The predicted molar refractivity (Wildman–Crippen MR) is 73.2 cm³/mol. The maximum Gasteiger partial charge on any atom is 0.325 e. The largest absolute Gasteiger partial charge is 0.381 e. The first-order valence-electron chi connectivity index (χ1n) is 7.64. The van der Waals surface area contributed by atoms with Crippen molar-refractivity contribution in [1.82, 2.24) is 15.5 Å². The lowest BCUT2D eigenvalue weighted by Crippen LogP contribution is -2.51. The quantitative estimate of drug-likeness (QED) is 0.738. The van der Waals surface area contributed by atoms with Crippen LogP contribution in [0.15, 0.2) is 0 Å². The van der Waals surface area contributed by atoms with Crippen LogP contribution in [0.5, 0.6) is 0 Å². The fourth-order valence-corrected chi connectivity index (χ4v) is 3.42. The molecule has 0 aromatic carbocycles. The molecule has 0 aromatic rings. The second-order valence-electron chi connectivity index (χ2n) is 6.06. The third-order valence-electron chi connectivity index (χ3n) is 4.81.